The first-order chi connectivity index (χ1) is 17.9. The largest absolute Gasteiger partial charge is 0.502 e. The number of carbonyl (C=O) groups is 1. The molecule has 0 saturated carbocycles. The normalized spacial score (nSPS) is 19.7. The van der Waals surface area contributed by atoms with Crippen molar-refractivity contribution in [2.75, 3.05) is 26.5 Å². The van der Waals surface area contributed by atoms with Gasteiger partial charge in [0.2, 0.25) is 11.2 Å². The summed E-state index contributed by atoms with van der Waals surface area (Å²) in [5.41, 5.74) is 1.29. The second kappa shape index (κ2) is 10.6. The summed E-state index contributed by atoms with van der Waals surface area (Å²) in [4.78, 5) is 40.7. The van der Waals surface area contributed by atoms with Crippen LogP contribution in [0.4, 0.5) is 0 Å². The Morgan fingerprint density at radius 3 is 2.68 bits per heavy atom. The number of benzene rings is 1. The molecule has 0 spiro atoms. The van der Waals surface area contributed by atoms with Crippen molar-refractivity contribution < 1.29 is 19.1 Å². The van der Waals surface area contributed by atoms with Gasteiger partial charge in [0, 0.05) is 48.3 Å². The number of ether oxygens (including phenoxy) is 1. The molecule has 37 heavy (non-hydrogen) atoms. The van der Waals surface area contributed by atoms with Crippen molar-refractivity contribution in [3.8, 4) is 5.75 Å². The number of hydrogen-bond acceptors (Lipinski definition) is 8. The van der Waals surface area contributed by atoms with Crippen LogP contribution in [0.25, 0.3) is 0 Å². The van der Waals surface area contributed by atoms with Crippen molar-refractivity contribution in [2.45, 2.75) is 42.7 Å². The van der Waals surface area contributed by atoms with E-state index < -0.39 is 23.1 Å². The van der Waals surface area contributed by atoms with Gasteiger partial charge in [-0.3, -0.25) is 19.3 Å². The third kappa shape index (κ3) is 5.24. The Balaban J connectivity index is 1.44. The van der Waals surface area contributed by atoms with Crippen molar-refractivity contribution in [2.24, 2.45) is 5.92 Å². The van der Waals surface area contributed by atoms with Gasteiger partial charge in [0.25, 0.3) is 5.56 Å². The number of hydrogen-bond donors (Lipinski definition) is 1. The molecule has 8 nitrogen and oxygen atoms in total. The minimum absolute atomic E-state index is 0.0389. The number of piperidine rings is 1. The van der Waals surface area contributed by atoms with Gasteiger partial charge in [-0.25, -0.2) is 0 Å². The number of likely N-dealkylation sites (tertiary alicyclic amines) is 1. The highest BCUT2D eigenvalue weighted by Gasteiger charge is 2.35. The molecular formula is C28H30N2O6S. The summed E-state index contributed by atoms with van der Waals surface area (Å²) in [6.07, 6.45) is 2.92. The highest BCUT2D eigenvalue weighted by atomic mass is 32.2. The number of esters is 1. The molecule has 1 aromatic carbocycles. The molecule has 2 aliphatic heterocycles. The van der Waals surface area contributed by atoms with E-state index in [1.807, 2.05) is 47.2 Å². The first-order valence-electron chi connectivity index (χ1n) is 12.3. The molecule has 194 valence electrons. The third-order valence-corrected chi connectivity index (χ3v) is 8.11. The second-order valence-electron chi connectivity index (χ2n) is 9.79. The lowest BCUT2D eigenvalue weighted by Crippen LogP contribution is -2.46. The smallest absolute Gasteiger partial charge is 0.306 e. The molecule has 1 N–H and O–H groups in total. The van der Waals surface area contributed by atoms with Crippen molar-refractivity contribution >= 4 is 17.7 Å². The topological polar surface area (TPSA) is 102 Å². The van der Waals surface area contributed by atoms with E-state index >= 15 is 0 Å². The van der Waals surface area contributed by atoms with Gasteiger partial charge < -0.3 is 18.8 Å². The maximum absolute atomic E-state index is 12.8. The molecule has 4 heterocycles. The maximum atomic E-state index is 12.8. The van der Waals surface area contributed by atoms with Crippen LogP contribution >= 0.6 is 11.8 Å². The van der Waals surface area contributed by atoms with Crippen molar-refractivity contribution in [3.05, 3.63) is 91.9 Å². The average molecular weight is 523 g/mol. The molecule has 1 saturated heterocycles. The predicted octanol–water partition coefficient (Wildman–Crippen LogP) is 3.54. The van der Waals surface area contributed by atoms with E-state index in [2.05, 4.69) is 4.90 Å². The molecule has 3 aromatic rings. The molecule has 1 fully saturated rings. The van der Waals surface area contributed by atoms with Crippen LogP contribution in [-0.2, 0) is 22.6 Å². The molecule has 2 aromatic heterocycles. The first kappa shape index (κ1) is 25.4. The first-order valence-corrected chi connectivity index (χ1v) is 13.6. The summed E-state index contributed by atoms with van der Waals surface area (Å²) < 4.78 is 12.9. The van der Waals surface area contributed by atoms with E-state index in [1.54, 1.807) is 17.8 Å². The van der Waals surface area contributed by atoms with Crippen LogP contribution in [0.15, 0.2) is 67.4 Å². The van der Waals surface area contributed by atoms with Crippen LogP contribution < -0.4 is 11.0 Å². The Kier molecular flexibility index (Phi) is 7.26. The molecule has 2 aliphatic rings. The van der Waals surface area contributed by atoms with E-state index in [4.69, 9.17) is 9.15 Å². The number of carbonyl (C=O) groups excluding carboxylic acids is 1. The summed E-state index contributed by atoms with van der Waals surface area (Å²) >= 11 is 1.60. The highest BCUT2D eigenvalue weighted by molar-refractivity contribution is 7.98. The molecule has 3 atom stereocenters. The van der Waals surface area contributed by atoms with Crippen LogP contribution in [0, 0.1) is 5.92 Å². The quantitative estimate of drug-likeness (QED) is 0.371. The van der Waals surface area contributed by atoms with E-state index in [0.717, 1.165) is 35.7 Å². The van der Waals surface area contributed by atoms with Crippen LogP contribution in [-0.4, -0.2) is 47.0 Å². The molecule has 0 aliphatic carbocycles. The van der Waals surface area contributed by atoms with E-state index in [-0.39, 0.29) is 23.7 Å². The van der Waals surface area contributed by atoms with Crippen molar-refractivity contribution in [3.63, 3.8) is 0 Å². The van der Waals surface area contributed by atoms with Gasteiger partial charge >= 0.3 is 5.97 Å². The SMILES string of the molecule is COC(=O)C[C@H](c1ccc(SC)cc1)c1oc(CN2C[C@H]3C[C@@H](C2)c2cccc(=O)n2C3)cc(=O)c1O. The standard InChI is InChI=1S/C28H30N2O6S/c1-35-26(33)12-22(18-6-8-21(37-2)9-7-18)28-27(34)24(31)11-20(36-28)16-29-13-17-10-19(15-29)23-4-3-5-25(32)30(23)14-17/h3-9,11,17,19,22,34H,10,12-16H2,1-2H3/t17-,19+,22-/m1/s1. The molecule has 5 rings (SSSR count). The van der Waals surface area contributed by atoms with E-state index in [0.29, 0.717) is 24.8 Å². The zero-order valence-corrected chi connectivity index (χ0v) is 21.7. The zero-order valence-electron chi connectivity index (χ0n) is 20.9. The summed E-state index contributed by atoms with van der Waals surface area (Å²) in [6, 6.07) is 14.4. The molecule has 0 unspecified atom stereocenters. The molecular weight excluding hydrogens is 492 g/mol. The minimum Gasteiger partial charge on any atom is -0.502 e. The Bertz CT molecular complexity index is 1410. The Hall–Kier alpha value is -3.30. The van der Waals surface area contributed by atoms with Crippen LogP contribution in [0.2, 0.25) is 0 Å². The summed E-state index contributed by atoms with van der Waals surface area (Å²) in [5.74, 6) is -0.573. The fourth-order valence-corrected chi connectivity index (χ4v) is 6.07. The Morgan fingerprint density at radius 2 is 1.95 bits per heavy atom. The fraction of sp³-hybridized carbons (Fsp3) is 0.393. The van der Waals surface area contributed by atoms with Gasteiger partial charge in [0.05, 0.1) is 26.0 Å². The average Bonchev–Trinajstić information content (AvgIpc) is 2.90. The number of aromatic hydroxyl groups is 1. The Labute approximate surface area is 218 Å². The van der Waals surface area contributed by atoms with Gasteiger partial charge in [-0.2, -0.15) is 0 Å². The number of fused-ring (bicyclic) bond motifs is 4. The van der Waals surface area contributed by atoms with Crippen molar-refractivity contribution in [1.29, 1.82) is 0 Å². The van der Waals surface area contributed by atoms with Crippen LogP contribution in [0.5, 0.6) is 5.75 Å². The second-order valence-corrected chi connectivity index (χ2v) is 10.7. The summed E-state index contributed by atoms with van der Waals surface area (Å²) in [6.45, 7) is 2.59. The monoisotopic (exact) mass is 522 g/mol. The number of aromatic nitrogens is 1. The van der Waals surface area contributed by atoms with Gasteiger partial charge in [-0.15, -0.1) is 11.8 Å². The summed E-state index contributed by atoms with van der Waals surface area (Å²) in [7, 11) is 1.31. The van der Waals surface area contributed by atoms with Crippen LogP contribution in [0.1, 0.15) is 47.5 Å². The lowest BCUT2D eigenvalue weighted by molar-refractivity contribution is -0.140. The molecule has 2 bridgehead atoms. The van der Waals surface area contributed by atoms with Gasteiger partial charge in [-0.05, 0) is 42.4 Å². The van der Waals surface area contributed by atoms with Gasteiger partial charge in [0.1, 0.15) is 5.76 Å². The predicted molar refractivity (Wildman–Crippen MR) is 140 cm³/mol. The summed E-state index contributed by atoms with van der Waals surface area (Å²) in [5, 5.41) is 10.7. The zero-order chi connectivity index (χ0) is 26.1. The van der Waals surface area contributed by atoms with E-state index in [9.17, 15) is 19.5 Å². The maximum Gasteiger partial charge on any atom is 0.306 e. The molecule has 0 radical (unpaired) electrons. The minimum atomic E-state index is -0.671. The lowest BCUT2D eigenvalue weighted by atomic mass is 9.83. The number of methoxy groups -OCH3 is 1. The highest BCUT2D eigenvalue weighted by Crippen LogP contribution is 2.37. The molecule has 0 amide bonds. The van der Waals surface area contributed by atoms with E-state index in [1.165, 1.54) is 13.2 Å². The Morgan fingerprint density at radius 1 is 1.16 bits per heavy atom. The lowest BCUT2D eigenvalue weighted by Gasteiger charge is -2.42. The van der Waals surface area contributed by atoms with Gasteiger partial charge in [0.15, 0.2) is 5.76 Å². The fourth-order valence-electron chi connectivity index (χ4n) is 5.66. The third-order valence-electron chi connectivity index (χ3n) is 7.37. The molecule has 9 heteroatoms. The van der Waals surface area contributed by atoms with Gasteiger partial charge in [-0.1, -0.05) is 18.2 Å². The number of rotatable bonds is 7. The number of pyridine rings is 1. The van der Waals surface area contributed by atoms with Crippen LogP contribution in [0.3, 0.4) is 0 Å². The number of nitrogens with zero attached hydrogens (tertiary/aromatic N) is 2. The number of thioether (sulfide) groups is 1. The van der Waals surface area contributed by atoms with Crippen molar-refractivity contribution in [1.82, 2.24) is 9.47 Å².